The Morgan fingerprint density at radius 2 is 2.14 bits per heavy atom. The van der Waals surface area contributed by atoms with Gasteiger partial charge in [0.1, 0.15) is 5.82 Å². The molecule has 0 spiro atoms. The minimum Gasteiger partial charge on any atom is -0.310 e. The topological polar surface area (TPSA) is 12.0 Å². The average molecular weight is 260 g/mol. The van der Waals surface area contributed by atoms with Gasteiger partial charge in [-0.25, -0.2) is 4.39 Å². The summed E-state index contributed by atoms with van der Waals surface area (Å²) in [7, 11) is 0. The molecule has 0 saturated heterocycles. The van der Waals surface area contributed by atoms with Gasteiger partial charge in [-0.2, -0.15) is 0 Å². The number of rotatable bonds is 4. The van der Waals surface area contributed by atoms with Crippen molar-refractivity contribution in [3.8, 4) is 0 Å². The van der Waals surface area contributed by atoms with Crippen molar-refractivity contribution in [3.63, 3.8) is 0 Å². The number of hydrogen-bond acceptors (Lipinski definition) is 1. The van der Waals surface area contributed by atoms with E-state index in [0.717, 1.165) is 18.5 Å². The van der Waals surface area contributed by atoms with Crippen LogP contribution < -0.4 is 5.32 Å². The molecule has 0 aliphatic carbocycles. The van der Waals surface area contributed by atoms with Crippen LogP contribution in [0.2, 0.25) is 0 Å². The van der Waals surface area contributed by atoms with E-state index in [2.05, 4.69) is 35.1 Å². The van der Waals surface area contributed by atoms with Crippen molar-refractivity contribution in [2.24, 2.45) is 0 Å². The molecule has 1 unspecified atom stereocenters. The first-order valence-corrected chi connectivity index (χ1v) is 5.67. The van der Waals surface area contributed by atoms with Gasteiger partial charge >= 0.3 is 0 Å². The van der Waals surface area contributed by atoms with Crippen LogP contribution in [0, 0.1) is 5.82 Å². The molecule has 0 bridgehead atoms. The minimum absolute atomic E-state index is 0.196. The van der Waals surface area contributed by atoms with Crippen LogP contribution in [0.1, 0.15) is 31.9 Å². The lowest BCUT2D eigenvalue weighted by atomic mass is 10.0. The van der Waals surface area contributed by atoms with Gasteiger partial charge in [0.15, 0.2) is 0 Å². The molecule has 0 radical (unpaired) electrons. The van der Waals surface area contributed by atoms with Crippen molar-refractivity contribution >= 4 is 15.9 Å². The average Bonchev–Trinajstić information content (AvgIpc) is 2.19. The lowest BCUT2D eigenvalue weighted by Crippen LogP contribution is -2.20. The second-order valence-corrected chi connectivity index (χ2v) is 3.95. The first-order chi connectivity index (χ1) is 6.70. The standard InChI is InChI=1S/C11H15BrFN/c1-3-10(14-4-2)8-6-5-7-9(13)11(8)12/h5-7,10,14H,3-4H2,1-2H3. The van der Waals surface area contributed by atoms with Crippen LogP contribution in [0.4, 0.5) is 4.39 Å². The Balaban J connectivity index is 2.97. The third-order valence-electron chi connectivity index (χ3n) is 2.22. The van der Waals surface area contributed by atoms with Crippen LogP contribution in [0.25, 0.3) is 0 Å². The van der Waals surface area contributed by atoms with Crippen molar-refractivity contribution in [1.29, 1.82) is 0 Å². The monoisotopic (exact) mass is 259 g/mol. The Morgan fingerprint density at radius 1 is 1.43 bits per heavy atom. The highest BCUT2D eigenvalue weighted by molar-refractivity contribution is 9.10. The predicted molar refractivity (Wildman–Crippen MR) is 60.8 cm³/mol. The molecule has 0 heterocycles. The summed E-state index contributed by atoms with van der Waals surface area (Å²) in [4.78, 5) is 0. The molecule has 1 nitrogen and oxygen atoms in total. The fourth-order valence-electron chi connectivity index (χ4n) is 1.51. The highest BCUT2D eigenvalue weighted by Gasteiger charge is 2.13. The highest BCUT2D eigenvalue weighted by Crippen LogP contribution is 2.27. The highest BCUT2D eigenvalue weighted by atomic mass is 79.9. The summed E-state index contributed by atoms with van der Waals surface area (Å²) in [5.74, 6) is -0.196. The minimum atomic E-state index is -0.196. The van der Waals surface area contributed by atoms with Crippen LogP contribution in [0.5, 0.6) is 0 Å². The molecule has 1 aromatic rings. The molecule has 3 heteroatoms. The van der Waals surface area contributed by atoms with Gasteiger partial charge < -0.3 is 5.32 Å². The van der Waals surface area contributed by atoms with E-state index in [9.17, 15) is 4.39 Å². The zero-order chi connectivity index (χ0) is 10.6. The zero-order valence-electron chi connectivity index (χ0n) is 8.48. The maximum Gasteiger partial charge on any atom is 0.137 e. The van der Waals surface area contributed by atoms with E-state index in [1.54, 1.807) is 6.07 Å². The quantitative estimate of drug-likeness (QED) is 0.871. The SMILES string of the molecule is CCNC(CC)c1cccc(F)c1Br. The first-order valence-electron chi connectivity index (χ1n) is 4.88. The van der Waals surface area contributed by atoms with Crippen molar-refractivity contribution in [2.75, 3.05) is 6.54 Å². The predicted octanol–water partition coefficient (Wildman–Crippen LogP) is 3.65. The molecule has 0 aliphatic rings. The Morgan fingerprint density at radius 3 is 2.71 bits per heavy atom. The summed E-state index contributed by atoms with van der Waals surface area (Å²) < 4.78 is 13.8. The number of nitrogens with one attached hydrogen (secondary N) is 1. The van der Waals surface area contributed by atoms with Crippen LogP contribution >= 0.6 is 15.9 Å². The van der Waals surface area contributed by atoms with Gasteiger partial charge in [-0.3, -0.25) is 0 Å². The Kier molecular flexibility index (Phi) is 4.55. The van der Waals surface area contributed by atoms with Gasteiger partial charge in [0.2, 0.25) is 0 Å². The van der Waals surface area contributed by atoms with E-state index in [-0.39, 0.29) is 11.9 Å². The smallest absolute Gasteiger partial charge is 0.137 e. The molecule has 14 heavy (non-hydrogen) atoms. The second-order valence-electron chi connectivity index (χ2n) is 3.16. The maximum absolute atomic E-state index is 13.2. The number of benzene rings is 1. The fraction of sp³-hybridized carbons (Fsp3) is 0.455. The van der Waals surface area contributed by atoms with Crippen LogP contribution in [-0.4, -0.2) is 6.54 Å². The van der Waals surface area contributed by atoms with Gasteiger partial charge in [0.25, 0.3) is 0 Å². The molecule has 1 atom stereocenters. The van der Waals surface area contributed by atoms with Crippen LogP contribution in [0.3, 0.4) is 0 Å². The van der Waals surface area contributed by atoms with E-state index in [0.29, 0.717) is 4.47 Å². The van der Waals surface area contributed by atoms with Gasteiger partial charge in [-0.1, -0.05) is 26.0 Å². The lowest BCUT2D eigenvalue weighted by molar-refractivity contribution is 0.528. The third kappa shape index (κ3) is 2.55. The molecule has 0 saturated carbocycles. The second kappa shape index (κ2) is 5.47. The summed E-state index contributed by atoms with van der Waals surface area (Å²) >= 11 is 3.28. The zero-order valence-corrected chi connectivity index (χ0v) is 10.1. The van der Waals surface area contributed by atoms with Gasteiger partial charge in [0.05, 0.1) is 4.47 Å². The molecule has 1 aromatic carbocycles. The van der Waals surface area contributed by atoms with E-state index >= 15 is 0 Å². The Labute approximate surface area is 92.8 Å². The molecule has 0 fully saturated rings. The molecule has 0 amide bonds. The van der Waals surface area contributed by atoms with Crippen molar-refractivity contribution in [2.45, 2.75) is 26.3 Å². The molecule has 0 aromatic heterocycles. The van der Waals surface area contributed by atoms with Gasteiger partial charge in [-0.15, -0.1) is 0 Å². The van der Waals surface area contributed by atoms with Crippen molar-refractivity contribution in [3.05, 3.63) is 34.1 Å². The molecule has 0 aliphatic heterocycles. The summed E-state index contributed by atoms with van der Waals surface area (Å²) in [6, 6.07) is 5.39. The van der Waals surface area contributed by atoms with E-state index in [4.69, 9.17) is 0 Å². The molecule has 78 valence electrons. The number of halogens is 2. The summed E-state index contributed by atoms with van der Waals surface area (Å²) in [5.41, 5.74) is 0.995. The molecular weight excluding hydrogens is 245 g/mol. The normalized spacial score (nSPS) is 12.9. The van der Waals surface area contributed by atoms with Gasteiger partial charge in [0, 0.05) is 6.04 Å². The summed E-state index contributed by atoms with van der Waals surface area (Å²) in [6.07, 6.45) is 0.954. The van der Waals surface area contributed by atoms with Crippen LogP contribution in [-0.2, 0) is 0 Å². The van der Waals surface area contributed by atoms with E-state index in [1.165, 1.54) is 6.07 Å². The molecule has 1 rings (SSSR count). The lowest BCUT2D eigenvalue weighted by Gasteiger charge is -2.17. The Bertz CT molecular complexity index is 301. The van der Waals surface area contributed by atoms with Crippen molar-refractivity contribution < 1.29 is 4.39 Å². The van der Waals surface area contributed by atoms with E-state index < -0.39 is 0 Å². The number of hydrogen-bond donors (Lipinski definition) is 1. The van der Waals surface area contributed by atoms with Crippen LogP contribution in [0.15, 0.2) is 22.7 Å². The molecular formula is C11H15BrFN. The van der Waals surface area contributed by atoms with E-state index in [1.807, 2.05) is 6.07 Å². The fourth-order valence-corrected chi connectivity index (χ4v) is 2.05. The molecule has 1 N–H and O–H groups in total. The maximum atomic E-state index is 13.2. The largest absolute Gasteiger partial charge is 0.310 e. The first kappa shape index (κ1) is 11.7. The van der Waals surface area contributed by atoms with Gasteiger partial charge in [-0.05, 0) is 40.5 Å². The Hall–Kier alpha value is -0.410. The summed E-state index contributed by atoms with van der Waals surface area (Å²) in [5, 5.41) is 3.32. The van der Waals surface area contributed by atoms with Crippen molar-refractivity contribution in [1.82, 2.24) is 5.32 Å². The third-order valence-corrected chi connectivity index (χ3v) is 3.05. The summed E-state index contributed by atoms with van der Waals surface area (Å²) in [6.45, 7) is 5.03.